The zero-order valence-electron chi connectivity index (χ0n) is 26.1. The highest BCUT2D eigenvalue weighted by atomic mass is 15.4. The van der Waals surface area contributed by atoms with Crippen molar-refractivity contribution >= 4 is 0 Å². The third kappa shape index (κ3) is 5.63. The van der Waals surface area contributed by atoms with Crippen LogP contribution >= 0.6 is 0 Å². The van der Waals surface area contributed by atoms with Gasteiger partial charge in [-0.2, -0.15) is 0 Å². The van der Waals surface area contributed by atoms with E-state index in [1.165, 1.54) is 50.2 Å². The average Bonchev–Trinajstić information content (AvgIpc) is 3.73. The second-order valence-electron chi connectivity index (χ2n) is 11.9. The smallest absolute Gasteiger partial charge is 0.113 e. The lowest BCUT2D eigenvalue weighted by Gasteiger charge is -2.18. The Morgan fingerprint density at radius 1 is 0.556 bits per heavy atom. The summed E-state index contributed by atoms with van der Waals surface area (Å²) >= 11 is 0. The van der Waals surface area contributed by atoms with Crippen molar-refractivity contribution in [2.75, 3.05) is 0 Å². The van der Waals surface area contributed by atoms with Crippen molar-refractivity contribution in [1.82, 2.24) is 19.6 Å². The second kappa shape index (κ2) is 11.9. The maximum absolute atomic E-state index is 4.49. The van der Waals surface area contributed by atoms with Gasteiger partial charge < -0.3 is 4.57 Å². The molecule has 1 unspecified atom stereocenters. The summed E-state index contributed by atoms with van der Waals surface area (Å²) in [5.74, 6) is 0. The van der Waals surface area contributed by atoms with Crippen molar-refractivity contribution in [2.45, 2.75) is 33.7 Å². The van der Waals surface area contributed by atoms with Crippen molar-refractivity contribution < 1.29 is 0 Å². The molecule has 7 rings (SSSR count). The molecule has 0 radical (unpaired) electrons. The average molecular weight is 585 g/mol. The van der Waals surface area contributed by atoms with Gasteiger partial charge in [-0.05, 0) is 68.1 Å². The molecule has 5 aromatic carbocycles. The number of rotatable bonds is 7. The van der Waals surface area contributed by atoms with Gasteiger partial charge in [0.1, 0.15) is 5.69 Å². The molecule has 0 aliphatic rings. The number of aromatic nitrogens is 4. The minimum Gasteiger partial charge on any atom is -0.309 e. The fourth-order valence-corrected chi connectivity index (χ4v) is 5.93. The van der Waals surface area contributed by atoms with Gasteiger partial charge in [0.2, 0.25) is 0 Å². The fourth-order valence-electron chi connectivity index (χ4n) is 5.93. The van der Waals surface area contributed by atoms with Crippen LogP contribution in [0.5, 0.6) is 0 Å². The van der Waals surface area contributed by atoms with Crippen LogP contribution in [0.3, 0.4) is 0 Å². The Labute approximate surface area is 265 Å². The van der Waals surface area contributed by atoms with E-state index >= 15 is 0 Å². The van der Waals surface area contributed by atoms with Gasteiger partial charge in [-0.3, -0.25) is 0 Å². The first-order valence-corrected chi connectivity index (χ1v) is 15.5. The van der Waals surface area contributed by atoms with Crippen molar-refractivity contribution in [3.05, 3.63) is 162 Å². The molecule has 220 valence electrons. The van der Waals surface area contributed by atoms with Crippen LogP contribution in [0, 0.1) is 20.8 Å². The third-order valence-electron chi connectivity index (χ3n) is 8.65. The van der Waals surface area contributed by atoms with Gasteiger partial charge in [0.25, 0.3) is 0 Å². The second-order valence-corrected chi connectivity index (χ2v) is 11.9. The summed E-state index contributed by atoms with van der Waals surface area (Å²) in [6, 6.07) is 48.1. The van der Waals surface area contributed by atoms with Gasteiger partial charge in [-0.25, -0.2) is 4.68 Å². The van der Waals surface area contributed by atoms with Gasteiger partial charge in [0.15, 0.2) is 0 Å². The molecule has 7 aromatic rings. The Morgan fingerprint density at radius 3 is 1.71 bits per heavy atom. The van der Waals surface area contributed by atoms with Gasteiger partial charge in [-0.15, -0.1) is 5.10 Å². The zero-order chi connectivity index (χ0) is 30.9. The topological polar surface area (TPSA) is 35.6 Å². The summed E-state index contributed by atoms with van der Waals surface area (Å²) in [4.78, 5) is 0. The minimum atomic E-state index is 0.0310. The van der Waals surface area contributed by atoms with Crippen molar-refractivity contribution in [3.63, 3.8) is 0 Å². The number of hydrogen-bond acceptors (Lipinski definition) is 2. The zero-order valence-corrected chi connectivity index (χ0v) is 26.1. The summed E-state index contributed by atoms with van der Waals surface area (Å²) in [5, 5.41) is 8.96. The van der Waals surface area contributed by atoms with Crippen LogP contribution in [0.4, 0.5) is 0 Å². The first-order chi connectivity index (χ1) is 21.9. The molecule has 0 aliphatic carbocycles. The lowest BCUT2D eigenvalue weighted by molar-refractivity contribution is 0.543. The highest BCUT2D eigenvalue weighted by molar-refractivity contribution is 5.88. The molecule has 0 spiro atoms. The quantitative estimate of drug-likeness (QED) is 0.187. The Kier molecular flexibility index (Phi) is 7.48. The molecular formula is C41H36N4. The van der Waals surface area contributed by atoms with E-state index < -0.39 is 0 Å². The first kappa shape index (κ1) is 28.3. The van der Waals surface area contributed by atoms with Crippen LogP contribution in [0.25, 0.3) is 50.6 Å². The normalized spacial score (nSPS) is 11.9. The Morgan fingerprint density at radius 2 is 1.11 bits per heavy atom. The van der Waals surface area contributed by atoms with Crippen molar-refractivity contribution in [2.24, 2.45) is 0 Å². The van der Waals surface area contributed by atoms with Crippen LogP contribution in [0.15, 0.2) is 140 Å². The van der Waals surface area contributed by atoms with Crippen LogP contribution in [-0.4, -0.2) is 19.6 Å². The number of benzene rings is 5. The first-order valence-electron chi connectivity index (χ1n) is 15.5. The number of aryl methyl sites for hydroxylation is 3. The highest BCUT2D eigenvalue weighted by Crippen LogP contribution is 2.41. The molecule has 0 N–H and O–H groups in total. The van der Waals surface area contributed by atoms with E-state index in [-0.39, 0.29) is 6.04 Å². The highest BCUT2D eigenvalue weighted by Gasteiger charge is 2.21. The van der Waals surface area contributed by atoms with Crippen LogP contribution in [0.2, 0.25) is 0 Å². The Bertz CT molecular complexity index is 2050. The number of hydrogen-bond donors (Lipinski definition) is 0. The summed E-state index contributed by atoms with van der Waals surface area (Å²) in [6.45, 7) is 8.53. The van der Waals surface area contributed by atoms with Crippen molar-refractivity contribution in [3.8, 4) is 50.6 Å². The summed E-state index contributed by atoms with van der Waals surface area (Å²) in [5.41, 5.74) is 15.1. The Balaban J connectivity index is 1.34. The predicted octanol–water partition coefficient (Wildman–Crippen LogP) is 10.3. The maximum atomic E-state index is 4.49. The van der Waals surface area contributed by atoms with E-state index in [4.69, 9.17) is 0 Å². The van der Waals surface area contributed by atoms with Gasteiger partial charge in [0.05, 0.1) is 23.6 Å². The third-order valence-corrected chi connectivity index (χ3v) is 8.65. The largest absolute Gasteiger partial charge is 0.309 e. The molecule has 4 nitrogen and oxygen atoms in total. The number of nitrogens with zero attached hydrogens (tertiary/aromatic N) is 4. The molecule has 0 amide bonds. The molecule has 2 aromatic heterocycles. The lowest BCUT2D eigenvalue weighted by Crippen LogP contribution is -2.08. The molecule has 0 saturated heterocycles. The Hall–Kier alpha value is -5.48. The molecular weight excluding hydrogens is 548 g/mol. The van der Waals surface area contributed by atoms with Crippen LogP contribution in [0.1, 0.15) is 35.2 Å². The van der Waals surface area contributed by atoms with Gasteiger partial charge >= 0.3 is 0 Å². The van der Waals surface area contributed by atoms with E-state index in [9.17, 15) is 0 Å². The molecule has 4 heteroatoms. The maximum Gasteiger partial charge on any atom is 0.113 e. The SMILES string of the molecule is Cc1ccc(-c2cn(C(C)c3ccc(-n4c(-c5ccc(C)cc5)cc(-c5ccccc5)c4-c4ccc(C)cc4)cc3)nn2)cc1. The van der Waals surface area contributed by atoms with Crippen LogP contribution in [-0.2, 0) is 0 Å². The summed E-state index contributed by atoms with van der Waals surface area (Å²) in [7, 11) is 0. The molecule has 2 heterocycles. The molecule has 0 bridgehead atoms. The van der Waals surface area contributed by atoms with E-state index in [1.807, 2.05) is 10.9 Å². The van der Waals surface area contributed by atoms with Gasteiger partial charge in [-0.1, -0.05) is 137 Å². The molecule has 0 saturated carbocycles. The van der Waals surface area contributed by atoms with Crippen LogP contribution < -0.4 is 0 Å². The minimum absolute atomic E-state index is 0.0310. The lowest BCUT2D eigenvalue weighted by atomic mass is 10.00. The molecule has 45 heavy (non-hydrogen) atoms. The van der Waals surface area contributed by atoms with Gasteiger partial charge in [0, 0.05) is 16.8 Å². The standard InChI is InChI=1S/C41H36N4/c1-28-10-16-34(17-11-28)39-27-44(43-42-39)31(4)32-22-24-37(25-23-32)45-40(35-18-12-29(2)13-19-35)26-38(33-8-6-5-7-9-33)41(45)36-20-14-30(3)15-21-36/h5-27,31H,1-4H3. The fraction of sp³-hybridized carbons (Fsp3) is 0.122. The molecule has 0 fully saturated rings. The van der Waals surface area contributed by atoms with E-state index in [1.54, 1.807) is 0 Å². The van der Waals surface area contributed by atoms with E-state index in [0.29, 0.717) is 0 Å². The van der Waals surface area contributed by atoms with Crippen molar-refractivity contribution in [1.29, 1.82) is 0 Å². The van der Waals surface area contributed by atoms with E-state index in [0.717, 1.165) is 22.6 Å². The summed E-state index contributed by atoms with van der Waals surface area (Å²) < 4.78 is 4.36. The van der Waals surface area contributed by atoms with E-state index in [2.05, 4.69) is 176 Å². The molecule has 0 aliphatic heterocycles. The predicted molar refractivity (Wildman–Crippen MR) is 186 cm³/mol. The monoisotopic (exact) mass is 584 g/mol. The summed E-state index contributed by atoms with van der Waals surface area (Å²) in [6.07, 6.45) is 2.03. The molecule has 1 atom stereocenters.